The number of pyridine rings is 1. The Morgan fingerprint density at radius 2 is 1.76 bits per heavy atom. The second-order valence-corrected chi connectivity index (χ2v) is 10.2. The van der Waals surface area contributed by atoms with Crippen LogP contribution in [0.5, 0.6) is 5.75 Å². The number of rotatable bonds is 11. The molecule has 0 saturated heterocycles. The molecule has 2 N–H and O–H groups in total. The van der Waals surface area contributed by atoms with E-state index >= 15 is 0 Å². The molecular weight excluding hydrogens is 468 g/mol. The number of H-pyrrole nitrogens is 1. The van der Waals surface area contributed by atoms with Gasteiger partial charge in [0.05, 0.1) is 13.7 Å². The van der Waals surface area contributed by atoms with Gasteiger partial charge in [0.25, 0.3) is 11.5 Å². The van der Waals surface area contributed by atoms with Crippen molar-refractivity contribution in [2.24, 2.45) is 0 Å². The van der Waals surface area contributed by atoms with E-state index in [2.05, 4.69) is 34.1 Å². The molecule has 8 heteroatoms. The van der Waals surface area contributed by atoms with Crippen molar-refractivity contribution in [2.45, 2.75) is 72.0 Å². The molecule has 0 bridgehead atoms. The Bertz CT molecular complexity index is 1120. The van der Waals surface area contributed by atoms with Gasteiger partial charge in [0.15, 0.2) is 0 Å². The van der Waals surface area contributed by atoms with Gasteiger partial charge < -0.3 is 29.6 Å². The molecule has 1 aromatic carbocycles. The SMILES string of the molecule is CCN(c1cc(OC)cc(C(=O)NCc2c(C)cc(C)[nH]c2=O)c1C)C1CCC(N(C)CCOC)CC1. The van der Waals surface area contributed by atoms with Crippen LogP contribution in [0.2, 0.25) is 0 Å². The molecule has 1 fully saturated rings. The molecule has 1 aliphatic rings. The number of nitrogens with zero attached hydrogens (tertiary/aromatic N) is 2. The number of aromatic amines is 1. The first-order valence-electron chi connectivity index (χ1n) is 13.3. The predicted molar refractivity (Wildman–Crippen MR) is 149 cm³/mol. The highest BCUT2D eigenvalue weighted by Crippen LogP contribution is 2.35. The van der Waals surface area contributed by atoms with Crippen LogP contribution < -0.4 is 20.5 Å². The maximum absolute atomic E-state index is 13.3. The Balaban J connectivity index is 1.79. The van der Waals surface area contributed by atoms with Crippen molar-refractivity contribution in [2.75, 3.05) is 45.9 Å². The van der Waals surface area contributed by atoms with Crippen LogP contribution in [-0.2, 0) is 11.3 Å². The summed E-state index contributed by atoms with van der Waals surface area (Å²) in [6.45, 7) is 10.6. The zero-order chi connectivity index (χ0) is 27.1. The number of aryl methyl sites for hydroxylation is 2. The first-order chi connectivity index (χ1) is 17.7. The number of aromatic nitrogens is 1. The van der Waals surface area contributed by atoms with Crippen LogP contribution in [0.1, 0.15) is 65.3 Å². The number of likely N-dealkylation sites (N-methyl/N-ethyl adjacent to an activating group) is 1. The minimum Gasteiger partial charge on any atom is -0.497 e. The van der Waals surface area contributed by atoms with Crippen molar-refractivity contribution in [1.29, 1.82) is 0 Å². The Morgan fingerprint density at radius 1 is 1.08 bits per heavy atom. The molecule has 0 radical (unpaired) electrons. The molecule has 0 spiro atoms. The first-order valence-corrected chi connectivity index (χ1v) is 13.3. The molecule has 3 rings (SSSR count). The zero-order valence-electron chi connectivity index (χ0n) is 23.6. The third-order valence-electron chi connectivity index (χ3n) is 7.78. The summed E-state index contributed by atoms with van der Waals surface area (Å²) in [5, 5.41) is 2.96. The van der Waals surface area contributed by atoms with Gasteiger partial charge in [-0.15, -0.1) is 0 Å². The van der Waals surface area contributed by atoms with E-state index in [0.29, 0.717) is 29.0 Å². The number of methoxy groups -OCH3 is 2. The van der Waals surface area contributed by atoms with Gasteiger partial charge in [-0.3, -0.25) is 9.59 Å². The number of ether oxygens (including phenoxy) is 2. The molecule has 204 valence electrons. The van der Waals surface area contributed by atoms with Gasteiger partial charge in [0, 0.05) is 67.4 Å². The Kier molecular flexibility index (Phi) is 10.2. The Hall–Kier alpha value is -2.84. The minimum absolute atomic E-state index is 0.165. The fourth-order valence-electron chi connectivity index (χ4n) is 5.54. The Labute approximate surface area is 221 Å². The average molecular weight is 513 g/mol. The molecule has 0 atom stereocenters. The Morgan fingerprint density at radius 3 is 2.35 bits per heavy atom. The maximum Gasteiger partial charge on any atom is 0.253 e. The highest BCUT2D eigenvalue weighted by Gasteiger charge is 2.29. The largest absolute Gasteiger partial charge is 0.497 e. The van der Waals surface area contributed by atoms with Crippen molar-refractivity contribution in [3.8, 4) is 5.75 Å². The van der Waals surface area contributed by atoms with E-state index in [1.54, 1.807) is 20.3 Å². The van der Waals surface area contributed by atoms with Crippen molar-refractivity contribution < 1.29 is 14.3 Å². The van der Waals surface area contributed by atoms with Crippen LogP contribution >= 0.6 is 0 Å². The third-order valence-corrected chi connectivity index (χ3v) is 7.78. The summed E-state index contributed by atoms with van der Waals surface area (Å²) in [4.78, 5) is 33.4. The van der Waals surface area contributed by atoms with Crippen LogP contribution in [0.25, 0.3) is 0 Å². The molecule has 37 heavy (non-hydrogen) atoms. The van der Waals surface area contributed by atoms with Gasteiger partial charge in [-0.1, -0.05) is 0 Å². The lowest BCUT2D eigenvalue weighted by Gasteiger charge is -2.41. The summed E-state index contributed by atoms with van der Waals surface area (Å²) in [5.41, 5.74) is 4.61. The summed E-state index contributed by atoms with van der Waals surface area (Å²) in [6, 6.07) is 6.73. The normalized spacial score (nSPS) is 17.6. The van der Waals surface area contributed by atoms with E-state index in [1.807, 2.05) is 32.9 Å². The smallest absolute Gasteiger partial charge is 0.253 e. The number of hydrogen-bond donors (Lipinski definition) is 2. The van der Waals surface area contributed by atoms with Crippen molar-refractivity contribution >= 4 is 11.6 Å². The predicted octanol–water partition coefficient (Wildman–Crippen LogP) is 3.95. The number of carbonyl (C=O) groups is 1. The summed E-state index contributed by atoms with van der Waals surface area (Å²) in [6.07, 6.45) is 4.48. The summed E-state index contributed by atoms with van der Waals surface area (Å²) < 4.78 is 10.9. The molecule has 1 saturated carbocycles. The highest BCUT2D eigenvalue weighted by atomic mass is 16.5. The van der Waals surface area contributed by atoms with E-state index in [1.165, 1.54) is 0 Å². The number of nitrogens with one attached hydrogen (secondary N) is 2. The van der Waals surface area contributed by atoms with E-state index < -0.39 is 0 Å². The molecule has 2 aromatic rings. The lowest BCUT2D eigenvalue weighted by Crippen LogP contribution is -2.44. The van der Waals surface area contributed by atoms with Crippen molar-refractivity contribution in [3.05, 3.63) is 56.5 Å². The summed E-state index contributed by atoms with van der Waals surface area (Å²) >= 11 is 0. The second-order valence-electron chi connectivity index (χ2n) is 10.2. The van der Waals surface area contributed by atoms with Crippen molar-refractivity contribution in [1.82, 2.24) is 15.2 Å². The van der Waals surface area contributed by atoms with E-state index in [-0.39, 0.29) is 18.0 Å². The van der Waals surface area contributed by atoms with Gasteiger partial charge >= 0.3 is 0 Å². The van der Waals surface area contributed by atoms with Crippen molar-refractivity contribution in [3.63, 3.8) is 0 Å². The fourth-order valence-corrected chi connectivity index (χ4v) is 5.54. The van der Waals surface area contributed by atoms with E-state index in [4.69, 9.17) is 9.47 Å². The maximum atomic E-state index is 13.3. The standard InChI is InChI=1S/C29H44N4O4/c1-8-33(23-11-9-22(10-12-23)32(5)13-14-36-6)27-17-24(37-7)16-25(21(27)4)28(34)30-18-26-19(2)15-20(3)31-29(26)35/h15-17,22-23H,8-14,18H2,1-7H3,(H,30,34)(H,31,35). The topological polar surface area (TPSA) is 86.9 Å². The molecule has 1 amide bonds. The zero-order valence-corrected chi connectivity index (χ0v) is 23.6. The summed E-state index contributed by atoms with van der Waals surface area (Å²) in [5.74, 6) is 0.443. The first kappa shape index (κ1) is 28.7. The summed E-state index contributed by atoms with van der Waals surface area (Å²) in [7, 11) is 5.56. The average Bonchev–Trinajstić information content (AvgIpc) is 2.88. The van der Waals surface area contributed by atoms with Crippen LogP contribution in [0.15, 0.2) is 23.0 Å². The molecule has 1 aromatic heterocycles. The van der Waals surface area contributed by atoms with Gasteiger partial charge in [0.2, 0.25) is 0 Å². The van der Waals surface area contributed by atoms with Gasteiger partial charge in [0.1, 0.15) is 5.75 Å². The number of amides is 1. The van der Waals surface area contributed by atoms with Crippen LogP contribution in [-0.4, -0.2) is 68.8 Å². The highest BCUT2D eigenvalue weighted by molar-refractivity contribution is 5.97. The van der Waals surface area contributed by atoms with E-state index in [9.17, 15) is 9.59 Å². The van der Waals surface area contributed by atoms with Gasteiger partial charge in [-0.25, -0.2) is 0 Å². The fraction of sp³-hybridized carbons (Fsp3) is 0.586. The second kappa shape index (κ2) is 13.1. The number of anilines is 1. The molecule has 1 aliphatic carbocycles. The molecule has 0 aliphatic heterocycles. The molecule has 8 nitrogen and oxygen atoms in total. The molecule has 1 heterocycles. The number of carbonyl (C=O) groups excluding carboxylic acids is 1. The van der Waals surface area contributed by atoms with Crippen LogP contribution in [0.4, 0.5) is 5.69 Å². The molecular formula is C29H44N4O4. The monoisotopic (exact) mass is 512 g/mol. The quantitative estimate of drug-likeness (QED) is 0.474. The van der Waals surface area contributed by atoms with Crippen LogP contribution in [0, 0.1) is 20.8 Å². The number of hydrogen-bond acceptors (Lipinski definition) is 6. The van der Waals surface area contributed by atoms with Crippen LogP contribution in [0.3, 0.4) is 0 Å². The lowest BCUT2D eigenvalue weighted by molar-refractivity contribution is 0.0949. The van der Waals surface area contributed by atoms with Gasteiger partial charge in [-0.2, -0.15) is 0 Å². The minimum atomic E-state index is -0.212. The lowest BCUT2D eigenvalue weighted by atomic mass is 9.88. The van der Waals surface area contributed by atoms with Gasteiger partial charge in [-0.05, 0) is 83.7 Å². The number of benzene rings is 1. The van der Waals surface area contributed by atoms with E-state index in [0.717, 1.165) is 67.9 Å². The molecule has 0 unspecified atom stereocenters. The third kappa shape index (κ3) is 6.93.